The van der Waals surface area contributed by atoms with Gasteiger partial charge in [-0.2, -0.15) is 0 Å². The van der Waals surface area contributed by atoms with Crippen LogP contribution in [0.25, 0.3) is 0 Å². The van der Waals surface area contributed by atoms with E-state index in [2.05, 4.69) is 29.0 Å². The third-order valence-corrected chi connectivity index (χ3v) is 5.97. The molecule has 3 atom stereocenters. The topological polar surface area (TPSA) is 18.5 Å². The van der Waals surface area contributed by atoms with Crippen molar-refractivity contribution in [3.05, 3.63) is 0 Å². The quantitative estimate of drug-likeness (QED) is 0.852. The van der Waals surface area contributed by atoms with Gasteiger partial charge in [0.2, 0.25) is 0 Å². The van der Waals surface area contributed by atoms with Gasteiger partial charge in [0.25, 0.3) is 0 Å². The second-order valence-corrected chi connectivity index (χ2v) is 7.60. The molecule has 3 saturated heterocycles. The molecular weight excluding hydrogens is 246 g/mol. The van der Waals surface area contributed by atoms with Gasteiger partial charge in [-0.1, -0.05) is 19.8 Å². The minimum atomic E-state index is 0.569. The molecule has 0 bridgehead atoms. The lowest BCUT2D eigenvalue weighted by Gasteiger charge is -2.49. The molecule has 0 saturated carbocycles. The molecule has 20 heavy (non-hydrogen) atoms. The maximum absolute atomic E-state index is 3.62. The summed E-state index contributed by atoms with van der Waals surface area (Å²) in [5.41, 5.74) is 0.569. The maximum atomic E-state index is 3.62. The summed E-state index contributed by atoms with van der Waals surface area (Å²) in [6, 6.07) is 1.60. The summed E-state index contributed by atoms with van der Waals surface area (Å²) in [5, 5.41) is 3.62. The largest absolute Gasteiger partial charge is 0.316 e. The highest BCUT2D eigenvalue weighted by molar-refractivity contribution is 4.95. The van der Waals surface area contributed by atoms with Crippen molar-refractivity contribution in [1.82, 2.24) is 15.1 Å². The van der Waals surface area contributed by atoms with Gasteiger partial charge in [0.05, 0.1) is 0 Å². The van der Waals surface area contributed by atoms with Gasteiger partial charge in [-0.15, -0.1) is 0 Å². The first-order valence-corrected chi connectivity index (χ1v) is 8.91. The molecule has 3 aliphatic heterocycles. The van der Waals surface area contributed by atoms with E-state index in [4.69, 9.17) is 0 Å². The van der Waals surface area contributed by atoms with Gasteiger partial charge in [-0.05, 0) is 51.1 Å². The molecule has 0 aliphatic carbocycles. The molecule has 3 aliphatic rings. The summed E-state index contributed by atoms with van der Waals surface area (Å²) in [4.78, 5) is 5.60. The van der Waals surface area contributed by atoms with Crippen LogP contribution in [-0.4, -0.2) is 61.2 Å². The minimum absolute atomic E-state index is 0.569. The molecule has 3 rings (SSSR count). The zero-order valence-corrected chi connectivity index (χ0v) is 13.5. The summed E-state index contributed by atoms with van der Waals surface area (Å²) < 4.78 is 0. The molecular formula is C17H33N3. The molecule has 3 nitrogen and oxygen atoms in total. The van der Waals surface area contributed by atoms with Gasteiger partial charge in [-0.25, -0.2) is 0 Å². The Labute approximate surface area is 125 Å². The second kappa shape index (κ2) is 6.33. The van der Waals surface area contributed by atoms with Gasteiger partial charge in [0.15, 0.2) is 0 Å². The molecule has 3 fully saturated rings. The number of nitrogens with one attached hydrogen (secondary N) is 1. The number of hydrogen-bond acceptors (Lipinski definition) is 3. The first-order valence-electron chi connectivity index (χ1n) is 8.91. The number of nitrogens with zero attached hydrogens (tertiary/aromatic N) is 2. The van der Waals surface area contributed by atoms with E-state index >= 15 is 0 Å². The normalized spacial score (nSPS) is 39.9. The van der Waals surface area contributed by atoms with Gasteiger partial charge >= 0.3 is 0 Å². The fraction of sp³-hybridized carbons (Fsp3) is 1.00. The van der Waals surface area contributed by atoms with Crippen molar-refractivity contribution in [3.8, 4) is 0 Å². The zero-order chi connectivity index (χ0) is 14.0. The number of piperazine rings is 1. The number of piperidine rings is 1. The summed E-state index contributed by atoms with van der Waals surface area (Å²) in [5.74, 6) is 0. The third kappa shape index (κ3) is 3.05. The Bertz CT molecular complexity index is 311. The van der Waals surface area contributed by atoms with Crippen molar-refractivity contribution in [2.24, 2.45) is 5.41 Å². The van der Waals surface area contributed by atoms with Crippen LogP contribution in [0.2, 0.25) is 0 Å². The molecule has 1 N–H and O–H groups in total. The fourth-order valence-corrected chi connectivity index (χ4v) is 4.82. The monoisotopic (exact) mass is 279 g/mol. The van der Waals surface area contributed by atoms with Crippen LogP contribution in [-0.2, 0) is 0 Å². The lowest BCUT2D eigenvalue weighted by molar-refractivity contribution is -0.00588. The number of fused-ring (bicyclic) bond motifs is 1. The fourth-order valence-electron chi connectivity index (χ4n) is 4.82. The van der Waals surface area contributed by atoms with E-state index in [9.17, 15) is 0 Å². The molecule has 0 amide bonds. The van der Waals surface area contributed by atoms with E-state index in [0.29, 0.717) is 5.41 Å². The van der Waals surface area contributed by atoms with E-state index in [-0.39, 0.29) is 0 Å². The Morgan fingerprint density at radius 2 is 2.15 bits per heavy atom. The van der Waals surface area contributed by atoms with Gasteiger partial charge < -0.3 is 5.32 Å². The molecule has 0 aromatic heterocycles. The average molecular weight is 279 g/mol. The summed E-state index contributed by atoms with van der Waals surface area (Å²) in [6.07, 6.45) is 8.43. The predicted octanol–water partition coefficient (Wildman–Crippen LogP) is 2.32. The zero-order valence-electron chi connectivity index (χ0n) is 13.5. The van der Waals surface area contributed by atoms with Crippen LogP contribution in [0.15, 0.2) is 0 Å². The third-order valence-electron chi connectivity index (χ3n) is 5.97. The van der Waals surface area contributed by atoms with Crippen LogP contribution in [0.3, 0.4) is 0 Å². The Kier molecular flexibility index (Phi) is 4.68. The molecule has 0 spiro atoms. The SMILES string of the molecule is CCCC1(CN2CC3CCCCN3CC2C)CCNC1. The van der Waals surface area contributed by atoms with Crippen molar-refractivity contribution < 1.29 is 0 Å². The highest BCUT2D eigenvalue weighted by atomic mass is 15.3. The minimum Gasteiger partial charge on any atom is -0.316 e. The predicted molar refractivity (Wildman–Crippen MR) is 85.1 cm³/mol. The van der Waals surface area contributed by atoms with Crippen molar-refractivity contribution in [2.75, 3.05) is 39.3 Å². The Balaban J connectivity index is 1.63. The van der Waals surface area contributed by atoms with E-state index in [1.54, 1.807) is 0 Å². The summed E-state index contributed by atoms with van der Waals surface area (Å²) in [6.45, 7) is 12.6. The van der Waals surface area contributed by atoms with Gasteiger partial charge in [0, 0.05) is 38.3 Å². The van der Waals surface area contributed by atoms with Gasteiger partial charge in [0.1, 0.15) is 0 Å². The smallest absolute Gasteiger partial charge is 0.0223 e. The maximum Gasteiger partial charge on any atom is 0.0223 e. The molecule has 3 heteroatoms. The van der Waals surface area contributed by atoms with E-state index < -0.39 is 0 Å². The lowest BCUT2D eigenvalue weighted by atomic mass is 9.81. The Morgan fingerprint density at radius 3 is 2.90 bits per heavy atom. The van der Waals surface area contributed by atoms with Crippen molar-refractivity contribution >= 4 is 0 Å². The molecule has 0 aromatic rings. The van der Waals surface area contributed by atoms with E-state index in [1.807, 2.05) is 0 Å². The Hall–Kier alpha value is -0.120. The van der Waals surface area contributed by atoms with E-state index in [1.165, 1.54) is 77.8 Å². The van der Waals surface area contributed by atoms with Crippen LogP contribution in [0.5, 0.6) is 0 Å². The molecule has 0 radical (unpaired) electrons. The van der Waals surface area contributed by atoms with Crippen molar-refractivity contribution in [3.63, 3.8) is 0 Å². The van der Waals surface area contributed by atoms with Crippen LogP contribution < -0.4 is 5.32 Å². The molecule has 0 aromatic carbocycles. The molecule has 3 heterocycles. The van der Waals surface area contributed by atoms with Crippen molar-refractivity contribution in [2.45, 2.75) is 64.5 Å². The highest BCUT2D eigenvalue weighted by Crippen LogP contribution is 2.34. The molecule has 3 unspecified atom stereocenters. The van der Waals surface area contributed by atoms with Gasteiger partial charge in [-0.3, -0.25) is 9.80 Å². The van der Waals surface area contributed by atoms with Crippen molar-refractivity contribution in [1.29, 1.82) is 0 Å². The summed E-state index contributed by atoms with van der Waals surface area (Å²) >= 11 is 0. The standard InChI is InChI=1S/C17H33N3/c1-3-7-17(8-9-18-13-17)14-20-12-16-6-4-5-10-19(16)11-15(20)2/h15-16,18H,3-14H2,1-2H3. The first-order chi connectivity index (χ1) is 9.72. The van der Waals surface area contributed by atoms with E-state index in [0.717, 1.165) is 12.1 Å². The van der Waals surface area contributed by atoms with Crippen LogP contribution in [0, 0.1) is 5.41 Å². The average Bonchev–Trinajstić information content (AvgIpc) is 2.88. The van der Waals surface area contributed by atoms with Crippen LogP contribution in [0.1, 0.15) is 52.4 Å². The first kappa shape index (κ1) is 14.8. The highest BCUT2D eigenvalue weighted by Gasteiger charge is 2.39. The lowest BCUT2D eigenvalue weighted by Crippen LogP contribution is -2.60. The molecule has 116 valence electrons. The van der Waals surface area contributed by atoms with Crippen LogP contribution in [0.4, 0.5) is 0 Å². The summed E-state index contributed by atoms with van der Waals surface area (Å²) in [7, 11) is 0. The second-order valence-electron chi connectivity index (χ2n) is 7.60. The van der Waals surface area contributed by atoms with Crippen LogP contribution >= 0.6 is 0 Å². The number of rotatable bonds is 4. The Morgan fingerprint density at radius 1 is 1.25 bits per heavy atom. The number of hydrogen-bond donors (Lipinski definition) is 1.